The molecule has 2 fully saturated rings. The van der Waals surface area contributed by atoms with E-state index in [4.69, 9.17) is 38.0 Å². The van der Waals surface area contributed by atoms with Gasteiger partial charge in [-0.05, 0) is 73.6 Å². The van der Waals surface area contributed by atoms with Crippen molar-refractivity contribution >= 4 is 12.4 Å². The number of nitrogens with one attached hydrogen (secondary N) is 1. The van der Waals surface area contributed by atoms with Crippen LogP contribution >= 0.6 is 0 Å². The Morgan fingerprint density at radius 2 is 1.08 bits per heavy atom. The summed E-state index contributed by atoms with van der Waals surface area (Å²) in [5.74, 6) is 0. The standard InChI is InChI=1S/C18H36N2O5.C13H28N2O3.C2HF3O/c1-18(2,3)25-17(21)20-8-6-16(7-9-20)19(4)10-11-23-14-15-24-13-12-22-5;1-15(13-3-5-14-6-4-13)7-8-17-11-12-18-10-9-16-2;3-2(4,5)1-6/h16H,6-15H2,1-5H3;13-14H,3-12H2,1-2H3;1H. The van der Waals surface area contributed by atoms with Crippen LogP contribution in [0.25, 0.3) is 0 Å². The monoisotopic (exact) mass is 718 g/mol. The van der Waals surface area contributed by atoms with Crippen LogP contribution in [0, 0.1) is 0 Å². The number of carbonyl (C=O) groups excluding carboxylic acids is 2. The molecule has 0 radical (unpaired) electrons. The van der Waals surface area contributed by atoms with Crippen molar-refractivity contribution in [1.29, 1.82) is 0 Å². The molecule has 0 saturated carbocycles. The average Bonchev–Trinajstić information content (AvgIpc) is 3.07. The minimum absolute atomic E-state index is 0.203. The lowest BCUT2D eigenvalue weighted by molar-refractivity contribution is -0.156. The summed E-state index contributed by atoms with van der Waals surface area (Å²) in [4.78, 5) is 27.3. The molecule has 0 aliphatic carbocycles. The van der Waals surface area contributed by atoms with Gasteiger partial charge in [-0.1, -0.05) is 0 Å². The number of piperidine rings is 2. The van der Waals surface area contributed by atoms with E-state index in [1.54, 1.807) is 14.2 Å². The second-order valence-electron chi connectivity index (χ2n) is 12.7. The number of alkyl halides is 3. The number of carbonyl (C=O) groups is 2. The molecule has 2 saturated heterocycles. The van der Waals surface area contributed by atoms with E-state index in [2.05, 4.69) is 29.2 Å². The van der Waals surface area contributed by atoms with Gasteiger partial charge in [-0.15, -0.1) is 0 Å². The van der Waals surface area contributed by atoms with Crippen LogP contribution in [-0.4, -0.2) is 185 Å². The third-order valence-electron chi connectivity index (χ3n) is 7.59. The minimum Gasteiger partial charge on any atom is -0.444 e. The lowest BCUT2D eigenvalue weighted by Crippen LogP contribution is -2.47. The van der Waals surface area contributed by atoms with Crippen molar-refractivity contribution in [2.24, 2.45) is 0 Å². The molecule has 2 aliphatic heterocycles. The predicted octanol–water partition coefficient (Wildman–Crippen LogP) is 3.09. The van der Waals surface area contributed by atoms with E-state index in [1.807, 2.05) is 25.7 Å². The van der Waals surface area contributed by atoms with Crippen molar-refractivity contribution in [2.45, 2.75) is 70.3 Å². The van der Waals surface area contributed by atoms with Gasteiger partial charge in [0.2, 0.25) is 6.29 Å². The Labute approximate surface area is 292 Å². The van der Waals surface area contributed by atoms with Crippen molar-refractivity contribution in [1.82, 2.24) is 20.0 Å². The Kier molecular flexibility index (Phi) is 28.0. The van der Waals surface area contributed by atoms with Crippen LogP contribution < -0.4 is 5.32 Å². The van der Waals surface area contributed by atoms with Gasteiger partial charge in [-0.25, -0.2) is 4.79 Å². The number of amides is 1. The van der Waals surface area contributed by atoms with E-state index in [9.17, 15) is 18.0 Å². The molecule has 0 bridgehead atoms. The van der Waals surface area contributed by atoms with Crippen LogP contribution in [0.3, 0.4) is 0 Å². The first-order valence-corrected chi connectivity index (χ1v) is 17.1. The van der Waals surface area contributed by atoms with E-state index in [-0.39, 0.29) is 6.09 Å². The molecule has 2 aliphatic rings. The molecule has 0 aromatic heterocycles. The number of hydrogen-bond acceptors (Lipinski definition) is 12. The highest BCUT2D eigenvalue weighted by Crippen LogP contribution is 2.18. The quantitative estimate of drug-likeness (QED) is 0.147. The number of aldehydes is 1. The highest BCUT2D eigenvalue weighted by Gasteiger charge is 2.28. The summed E-state index contributed by atoms with van der Waals surface area (Å²) in [6.07, 6.45) is -1.48. The Morgan fingerprint density at radius 1 is 0.714 bits per heavy atom. The van der Waals surface area contributed by atoms with Crippen molar-refractivity contribution in [3.63, 3.8) is 0 Å². The Morgan fingerprint density at radius 3 is 1.45 bits per heavy atom. The number of likely N-dealkylation sites (tertiary alicyclic amines) is 1. The third kappa shape index (κ3) is 28.7. The molecule has 2 heterocycles. The molecular weight excluding hydrogens is 653 g/mol. The van der Waals surface area contributed by atoms with Gasteiger partial charge in [0, 0.05) is 52.5 Å². The fourth-order valence-electron chi connectivity index (χ4n) is 4.77. The molecular formula is C33H65F3N4O9. The lowest BCUT2D eigenvalue weighted by Gasteiger charge is -2.37. The Balaban J connectivity index is 0.000000835. The largest absolute Gasteiger partial charge is 0.446 e. The molecule has 0 unspecified atom stereocenters. The van der Waals surface area contributed by atoms with Gasteiger partial charge >= 0.3 is 12.3 Å². The fraction of sp³-hybridized carbons (Fsp3) is 0.939. The highest BCUT2D eigenvalue weighted by atomic mass is 19.4. The maximum absolute atomic E-state index is 12.1. The number of rotatable bonds is 20. The second-order valence-corrected chi connectivity index (χ2v) is 12.7. The summed E-state index contributed by atoms with van der Waals surface area (Å²) >= 11 is 0. The van der Waals surface area contributed by atoms with E-state index < -0.39 is 18.1 Å². The first-order valence-electron chi connectivity index (χ1n) is 17.1. The summed E-state index contributed by atoms with van der Waals surface area (Å²) < 4.78 is 68.3. The first kappa shape index (κ1) is 47.4. The normalized spacial score (nSPS) is 16.2. The smallest absolute Gasteiger partial charge is 0.444 e. The van der Waals surface area contributed by atoms with Crippen LogP contribution in [0.15, 0.2) is 0 Å². The number of halogens is 3. The molecule has 292 valence electrons. The Hall–Kier alpha value is -1.63. The van der Waals surface area contributed by atoms with E-state index >= 15 is 0 Å². The number of likely N-dealkylation sites (N-methyl/N-ethyl adjacent to an activating group) is 2. The second kappa shape index (κ2) is 29.0. The molecule has 0 spiro atoms. The maximum Gasteiger partial charge on any atom is 0.446 e. The molecule has 0 aromatic carbocycles. The van der Waals surface area contributed by atoms with E-state index in [1.165, 1.54) is 12.8 Å². The molecule has 13 nitrogen and oxygen atoms in total. The number of nitrogens with zero attached hydrogens (tertiary/aromatic N) is 3. The van der Waals surface area contributed by atoms with Gasteiger partial charge < -0.3 is 53.2 Å². The van der Waals surface area contributed by atoms with Crippen LogP contribution in [0.1, 0.15) is 46.5 Å². The van der Waals surface area contributed by atoms with Gasteiger partial charge in [0.25, 0.3) is 0 Å². The summed E-state index contributed by atoms with van der Waals surface area (Å²) in [6, 6.07) is 1.20. The molecule has 1 amide bonds. The molecule has 2 rings (SSSR count). The summed E-state index contributed by atoms with van der Waals surface area (Å²) in [7, 11) is 7.64. The SMILES string of the molecule is COCCOCCOCCN(C)C1CCN(C(=O)OC(C)(C)C)CC1.COCCOCCOCCN(C)C1CCNCC1.O=CC(F)(F)F. The third-order valence-corrected chi connectivity index (χ3v) is 7.59. The van der Waals surface area contributed by atoms with Gasteiger partial charge in [0.1, 0.15) is 5.60 Å². The molecule has 49 heavy (non-hydrogen) atoms. The van der Waals surface area contributed by atoms with Crippen molar-refractivity contribution < 1.29 is 55.9 Å². The van der Waals surface area contributed by atoms with Crippen molar-refractivity contribution in [3.8, 4) is 0 Å². The molecule has 0 atom stereocenters. The molecule has 1 N–H and O–H groups in total. The average molecular weight is 719 g/mol. The number of hydrogen-bond donors (Lipinski definition) is 1. The zero-order valence-electron chi connectivity index (χ0n) is 31.0. The van der Waals surface area contributed by atoms with Crippen LogP contribution in [0.5, 0.6) is 0 Å². The van der Waals surface area contributed by atoms with Gasteiger partial charge in [0.15, 0.2) is 0 Å². The molecule has 0 aromatic rings. The molecule has 16 heteroatoms. The first-order chi connectivity index (χ1) is 23.2. The van der Waals surface area contributed by atoms with Crippen LogP contribution in [-0.2, 0) is 38.0 Å². The van der Waals surface area contributed by atoms with E-state index in [0.717, 1.165) is 58.7 Å². The zero-order chi connectivity index (χ0) is 37.0. The fourth-order valence-corrected chi connectivity index (χ4v) is 4.77. The lowest BCUT2D eigenvalue weighted by atomic mass is 10.0. The predicted molar refractivity (Wildman–Crippen MR) is 181 cm³/mol. The Bertz CT molecular complexity index is 796. The topological polar surface area (TPSA) is 120 Å². The number of methoxy groups -OCH3 is 2. The van der Waals surface area contributed by atoms with Crippen molar-refractivity contribution in [2.75, 3.05) is 134 Å². The number of ether oxygens (including phenoxy) is 7. The van der Waals surface area contributed by atoms with Crippen molar-refractivity contribution in [3.05, 3.63) is 0 Å². The van der Waals surface area contributed by atoms with E-state index in [0.29, 0.717) is 71.5 Å². The zero-order valence-corrected chi connectivity index (χ0v) is 31.0. The van der Waals surface area contributed by atoms with Gasteiger partial charge in [-0.3, -0.25) is 4.79 Å². The maximum atomic E-state index is 12.1. The highest BCUT2D eigenvalue weighted by molar-refractivity contribution is 5.68. The minimum atomic E-state index is -4.64. The van der Waals surface area contributed by atoms with Gasteiger partial charge in [0.05, 0.1) is 66.1 Å². The summed E-state index contributed by atoms with van der Waals surface area (Å²) in [5, 5.41) is 3.39. The summed E-state index contributed by atoms with van der Waals surface area (Å²) in [6.45, 7) is 17.9. The van der Waals surface area contributed by atoms with Gasteiger partial charge in [-0.2, -0.15) is 13.2 Å². The van der Waals surface area contributed by atoms with Crippen LogP contribution in [0.4, 0.5) is 18.0 Å². The summed E-state index contributed by atoms with van der Waals surface area (Å²) in [5.41, 5.74) is -0.435. The van der Waals surface area contributed by atoms with Crippen LogP contribution in [0.2, 0.25) is 0 Å².